The van der Waals surface area contributed by atoms with Crippen molar-refractivity contribution in [2.75, 3.05) is 5.32 Å². The smallest absolute Gasteiger partial charge is 0.306 e. The third kappa shape index (κ3) is 3.16. The Morgan fingerprint density at radius 1 is 1.25 bits per heavy atom. The molecule has 24 heavy (non-hydrogen) atoms. The van der Waals surface area contributed by atoms with Crippen LogP contribution in [0.2, 0.25) is 5.02 Å². The minimum atomic E-state index is -4.68. The lowest BCUT2D eigenvalue weighted by Crippen LogP contribution is -2.14. The fraction of sp³-hybridized carbons (Fsp3) is 0.143. The molecule has 0 spiro atoms. The van der Waals surface area contributed by atoms with Crippen LogP contribution in [0.4, 0.5) is 19.0 Å². The molecule has 6 nitrogen and oxygen atoms in total. The van der Waals surface area contributed by atoms with Crippen molar-refractivity contribution in [3.8, 4) is 0 Å². The number of hydrogen-bond acceptors (Lipinski definition) is 4. The molecule has 0 aliphatic heterocycles. The monoisotopic (exact) mass is 355 g/mol. The second-order valence-corrected chi connectivity index (χ2v) is 5.33. The largest absolute Gasteiger partial charge is 0.453 e. The fourth-order valence-corrected chi connectivity index (χ4v) is 2.20. The molecule has 0 fully saturated rings. The molecule has 1 amide bonds. The van der Waals surface area contributed by atoms with Crippen LogP contribution >= 0.6 is 11.6 Å². The van der Waals surface area contributed by atoms with E-state index in [4.69, 9.17) is 11.6 Å². The number of amides is 1. The fourth-order valence-electron chi connectivity index (χ4n) is 2.01. The van der Waals surface area contributed by atoms with Crippen molar-refractivity contribution in [3.63, 3.8) is 0 Å². The van der Waals surface area contributed by atoms with E-state index in [1.165, 1.54) is 19.1 Å². The molecule has 0 radical (unpaired) electrons. The molecule has 0 bridgehead atoms. The zero-order valence-electron chi connectivity index (χ0n) is 12.1. The Morgan fingerprint density at radius 3 is 2.67 bits per heavy atom. The predicted molar refractivity (Wildman–Crippen MR) is 79.9 cm³/mol. The number of anilines is 1. The average molecular weight is 356 g/mol. The maximum atomic E-state index is 12.7. The van der Waals surface area contributed by atoms with Crippen molar-refractivity contribution >= 4 is 29.1 Å². The van der Waals surface area contributed by atoms with Crippen molar-refractivity contribution in [1.82, 2.24) is 19.6 Å². The molecule has 2 heterocycles. The van der Waals surface area contributed by atoms with E-state index in [-0.39, 0.29) is 11.6 Å². The van der Waals surface area contributed by atoms with Gasteiger partial charge < -0.3 is 5.32 Å². The Balaban J connectivity index is 1.94. The van der Waals surface area contributed by atoms with Gasteiger partial charge in [-0.3, -0.25) is 4.79 Å². The highest BCUT2D eigenvalue weighted by Crippen LogP contribution is 2.26. The van der Waals surface area contributed by atoms with Gasteiger partial charge in [0.05, 0.1) is 0 Å². The predicted octanol–water partition coefficient (Wildman–Crippen LogP) is 3.36. The van der Waals surface area contributed by atoms with Gasteiger partial charge in [-0.05, 0) is 25.1 Å². The molecular weight excluding hydrogens is 347 g/mol. The van der Waals surface area contributed by atoms with E-state index in [9.17, 15) is 18.0 Å². The second-order valence-electron chi connectivity index (χ2n) is 4.89. The van der Waals surface area contributed by atoms with Gasteiger partial charge in [-0.1, -0.05) is 17.7 Å². The van der Waals surface area contributed by atoms with Gasteiger partial charge in [0.15, 0.2) is 0 Å². The number of aromatic nitrogens is 4. The van der Waals surface area contributed by atoms with E-state index in [0.717, 1.165) is 4.52 Å². The number of alkyl halides is 3. The molecule has 0 saturated heterocycles. The number of carbonyl (C=O) groups is 1. The molecule has 2 aromatic heterocycles. The lowest BCUT2D eigenvalue weighted by Gasteiger charge is -2.06. The van der Waals surface area contributed by atoms with E-state index in [1.807, 2.05) is 0 Å². The van der Waals surface area contributed by atoms with Crippen LogP contribution in [0.1, 0.15) is 21.9 Å². The van der Waals surface area contributed by atoms with E-state index in [0.29, 0.717) is 16.3 Å². The summed E-state index contributed by atoms with van der Waals surface area (Å²) >= 11 is 5.82. The average Bonchev–Trinajstić information content (AvgIpc) is 2.92. The minimum Gasteiger partial charge on any atom is -0.306 e. The number of nitrogens with zero attached hydrogens (tertiary/aromatic N) is 4. The summed E-state index contributed by atoms with van der Waals surface area (Å²) < 4.78 is 39.0. The zero-order chi connectivity index (χ0) is 17.5. The van der Waals surface area contributed by atoms with Crippen molar-refractivity contribution in [2.24, 2.45) is 0 Å². The first kappa shape index (κ1) is 16.2. The normalized spacial score (nSPS) is 11.7. The molecule has 1 aromatic carbocycles. The van der Waals surface area contributed by atoms with E-state index in [2.05, 4.69) is 20.4 Å². The topological polar surface area (TPSA) is 72.2 Å². The Labute approximate surface area is 138 Å². The van der Waals surface area contributed by atoms with E-state index < -0.39 is 17.9 Å². The van der Waals surface area contributed by atoms with Crippen LogP contribution in [-0.2, 0) is 6.18 Å². The highest BCUT2D eigenvalue weighted by molar-refractivity contribution is 6.31. The number of hydrogen-bond donors (Lipinski definition) is 1. The summed E-state index contributed by atoms with van der Waals surface area (Å²) in [6.45, 7) is 1.53. The van der Waals surface area contributed by atoms with Crippen LogP contribution in [0.5, 0.6) is 0 Å². The lowest BCUT2D eigenvalue weighted by molar-refractivity contribution is -0.144. The number of fused-ring (bicyclic) bond motifs is 1. The van der Waals surface area contributed by atoms with Crippen LogP contribution in [0.25, 0.3) is 5.78 Å². The van der Waals surface area contributed by atoms with Gasteiger partial charge in [0.1, 0.15) is 5.82 Å². The molecule has 0 aliphatic carbocycles. The second kappa shape index (κ2) is 5.75. The van der Waals surface area contributed by atoms with Crippen LogP contribution in [0.3, 0.4) is 0 Å². The lowest BCUT2D eigenvalue weighted by atomic mass is 10.2. The van der Waals surface area contributed by atoms with Gasteiger partial charge in [-0.2, -0.15) is 23.1 Å². The Morgan fingerprint density at radius 2 is 2.00 bits per heavy atom. The molecular formula is C14H9ClF3N5O. The summed E-state index contributed by atoms with van der Waals surface area (Å²) in [6.07, 6.45) is -4.68. The quantitative estimate of drug-likeness (QED) is 0.765. The van der Waals surface area contributed by atoms with Crippen molar-refractivity contribution in [2.45, 2.75) is 13.1 Å². The molecule has 124 valence electrons. The van der Waals surface area contributed by atoms with Crippen LogP contribution in [-0.4, -0.2) is 25.5 Å². The third-order valence-corrected chi connectivity index (χ3v) is 3.31. The summed E-state index contributed by atoms with van der Waals surface area (Å²) in [5.74, 6) is -1.99. The van der Waals surface area contributed by atoms with Gasteiger partial charge in [-0.15, -0.1) is 5.10 Å². The molecule has 10 heteroatoms. The molecule has 0 unspecified atom stereocenters. The summed E-state index contributed by atoms with van der Waals surface area (Å²) in [7, 11) is 0. The molecule has 3 aromatic rings. The molecule has 1 N–H and O–H groups in total. The van der Waals surface area contributed by atoms with Crippen molar-refractivity contribution < 1.29 is 18.0 Å². The van der Waals surface area contributed by atoms with Crippen molar-refractivity contribution in [1.29, 1.82) is 0 Å². The Kier molecular flexibility index (Phi) is 3.88. The van der Waals surface area contributed by atoms with Crippen molar-refractivity contribution in [3.05, 3.63) is 52.4 Å². The van der Waals surface area contributed by atoms with Gasteiger partial charge in [-0.25, -0.2) is 4.52 Å². The first-order valence-corrected chi connectivity index (χ1v) is 7.00. The number of aryl methyl sites for hydroxylation is 1. The molecule has 0 aliphatic rings. The molecule has 0 saturated carbocycles. The number of rotatable bonds is 2. The maximum Gasteiger partial charge on any atom is 0.453 e. The summed E-state index contributed by atoms with van der Waals surface area (Å²) in [6, 6.07) is 7.62. The maximum absolute atomic E-state index is 12.7. The summed E-state index contributed by atoms with van der Waals surface area (Å²) in [4.78, 5) is 19.4. The van der Waals surface area contributed by atoms with Gasteiger partial charge in [0.2, 0.25) is 0 Å². The number of carbonyl (C=O) groups excluding carboxylic acids is 1. The number of halogens is 4. The third-order valence-electron chi connectivity index (χ3n) is 3.07. The van der Waals surface area contributed by atoms with Crippen LogP contribution < -0.4 is 5.32 Å². The van der Waals surface area contributed by atoms with Gasteiger partial charge in [0.25, 0.3) is 17.5 Å². The summed E-state index contributed by atoms with van der Waals surface area (Å²) in [5.41, 5.74) is 0.628. The van der Waals surface area contributed by atoms with E-state index >= 15 is 0 Å². The van der Waals surface area contributed by atoms with Crippen LogP contribution in [0.15, 0.2) is 30.3 Å². The first-order valence-electron chi connectivity index (χ1n) is 6.62. The number of benzene rings is 1. The zero-order valence-corrected chi connectivity index (χ0v) is 12.9. The highest BCUT2D eigenvalue weighted by Gasteiger charge is 2.36. The molecule has 3 rings (SSSR count). The first-order chi connectivity index (χ1) is 11.2. The highest BCUT2D eigenvalue weighted by atomic mass is 35.5. The molecule has 0 atom stereocenters. The van der Waals surface area contributed by atoms with Gasteiger partial charge >= 0.3 is 6.18 Å². The SMILES string of the molecule is Cc1cc(NC(=O)c2cccc(Cl)c2)nc2nc(C(F)(F)F)nn12. The minimum absolute atomic E-state index is 0.0612. The van der Waals surface area contributed by atoms with E-state index in [1.54, 1.807) is 18.2 Å². The summed E-state index contributed by atoms with van der Waals surface area (Å²) in [5, 5.41) is 6.24. The standard InChI is InChI=1S/C14H9ClF3N5O/c1-7-5-10(19-11(24)8-3-2-4-9(15)6-8)20-13-21-12(14(16,17)18)22-23(7)13/h2-6H,1H3,(H,19,20,21,22,24). The number of nitrogens with one attached hydrogen (secondary N) is 1. The Hall–Kier alpha value is -2.68. The van der Waals surface area contributed by atoms with Gasteiger partial charge in [0, 0.05) is 22.3 Å². The Bertz CT molecular complexity index is 938. The van der Waals surface area contributed by atoms with Crippen LogP contribution in [0, 0.1) is 6.92 Å².